The predicted octanol–water partition coefficient (Wildman–Crippen LogP) is 3.53. The monoisotopic (exact) mass is 405 g/mol. The number of ketones is 1. The summed E-state index contributed by atoms with van der Waals surface area (Å²) < 4.78 is 41.9. The van der Waals surface area contributed by atoms with Crippen molar-refractivity contribution in [3.05, 3.63) is 71.6 Å². The second kappa shape index (κ2) is 8.23. The van der Waals surface area contributed by atoms with Gasteiger partial charge in [0.1, 0.15) is 0 Å². The maximum absolute atomic E-state index is 12.6. The van der Waals surface area contributed by atoms with Gasteiger partial charge in [0.2, 0.25) is 5.82 Å². The Labute approximate surface area is 162 Å². The van der Waals surface area contributed by atoms with Gasteiger partial charge in [0.05, 0.1) is 13.7 Å². The molecule has 0 bridgehead atoms. The summed E-state index contributed by atoms with van der Waals surface area (Å²) in [6.45, 7) is -0.0474. The molecule has 2 aromatic carbocycles. The van der Waals surface area contributed by atoms with Gasteiger partial charge in [-0.1, -0.05) is 59.8 Å². The van der Waals surface area contributed by atoms with Gasteiger partial charge in [-0.3, -0.25) is 14.4 Å². The van der Waals surface area contributed by atoms with Crippen molar-refractivity contribution in [2.75, 3.05) is 7.11 Å². The Morgan fingerprint density at radius 2 is 1.72 bits per heavy atom. The minimum absolute atomic E-state index is 0.0474. The van der Waals surface area contributed by atoms with Crippen molar-refractivity contribution >= 4 is 11.7 Å². The first-order valence-corrected chi connectivity index (χ1v) is 8.25. The summed E-state index contributed by atoms with van der Waals surface area (Å²) in [5.41, 5.74) is 1.10. The smallest absolute Gasteiger partial charge is 0.329 e. The van der Waals surface area contributed by atoms with E-state index in [1.54, 1.807) is 30.3 Å². The number of hydrogen-bond acceptors (Lipinski definition) is 6. The number of hydroxylamine groups is 2. The van der Waals surface area contributed by atoms with E-state index in [-0.39, 0.29) is 17.9 Å². The van der Waals surface area contributed by atoms with Crippen LogP contribution in [0, 0.1) is 0 Å². The molecule has 0 saturated heterocycles. The van der Waals surface area contributed by atoms with Crippen LogP contribution < -0.4 is 0 Å². The second-order valence-corrected chi connectivity index (χ2v) is 5.84. The van der Waals surface area contributed by atoms with E-state index in [1.165, 1.54) is 31.4 Å². The van der Waals surface area contributed by atoms with Crippen molar-refractivity contribution in [3.8, 4) is 11.4 Å². The Bertz CT molecular complexity index is 1000. The number of hydrogen-bond donors (Lipinski definition) is 0. The molecular weight excluding hydrogens is 391 g/mol. The Hall–Kier alpha value is -3.53. The number of aromatic nitrogens is 2. The second-order valence-electron chi connectivity index (χ2n) is 5.84. The van der Waals surface area contributed by atoms with Gasteiger partial charge in [0, 0.05) is 11.1 Å². The summed E-state index contributed by atoms with van der Waals surface area (Å²) in [5, 5.41) is 4.19. The maximum atomic E-state index is 12.6. The SMILES string of the molecule is CON(Cc1ccc(-c2noc(C(F)(F)F)n2)cc1)C(=O)C(=O)c1ccccc1. The van der Waals surface area contributed by atoms with Gasteiger partial charge in [-0.15, -0.1) is 0 Å². The molecule has 150 valence electrons. The summed E-state index contributed by atoms with van der Waals surface area (Å²) in [4.78, 5) is 33.0. The van der Waals surface area contributed by atoms with Gasteiger partial charge >= 0.3 is 18.0 Å². The van der Waals surface area contributed by atoms with Crippen LogP contribution in [0.25, 0.3) is 11.4 Å². The molecule has 0 atom stereocenters. The quantitative estimate of drug-likeness (QED) is 0.354. The van der Waals surface area contributed by atoms with E-state index in [0.717, 1.165) is 5.06 Å². The van der Waals surface area contributed by atoms with Crippen LogP contribution in [0.1, 0.15) is 21.8 Å². The molecule has 10 heteroatoms. The lowest BCUT2D eigenvalue weighted by Gasteiger charge is -2.19. The van der Waals surface area contributed by atoms with E-state index in [2.05, 4.69) is 14.7 Å². The number of rotatable bonds is 6. The van der Waals surface area contributed by atoms with Crippen LogP contribution in [0.3, 0.4) is 0 Å². The Morgan fingerprint density at radius 1 is 1.07 bits per heavy atom. The van der Waals surface area contributed by atoms with Gasteiger partial charge in [0.25, 0.3) is 5.78 Å². The standard InChI is InChI=1S/C19H14F3N3O4/c1-28-25(17(27)15(26)13-5-3-2-4-6-13)11-12-7-9-14(10-8-12)16-23-18(29-24-16)19(20,21)22/h2-10H,11H2,1H3. The first-order valence-electron chi connectivity index (χ1n) is 8.25. The van der Waals surface area contributed by atoms with E-state index in [1.807, 2.05) is 0 Å². The van der Waals surface area contributed by atoms with E-state index < -0.39 is 23.8 Å². The predicted molar refractivity (Wildman–Crippen MR) is 93.1 cm³/mol. The van der Waals surface area contributed by atoms with Gasteiger partial charge < -0.3 is 4.52 Å². The number of carbonyl (C=O) groups excluding carboxylic acids is 2. The zero-order chi connectivity index (χ0) is 21.0. The average Bonchev–Trinajstić information content (AvgIpc) is 3.23. The zero-order valence-corrected chi connectivity index (χ0v) is 15.0. The van der Waals surface area contributed by atoms with Gasteiger partial charge in [-0.2, -0.15) is 18.2 Å². The number of Topliss-reactive ketones (excluding diaryl/α,β-unsaturated/α-hetero) is 1. The molecule has 3 aromatic rings. The van der Waals surface area contributed by atoms with Crippen LogP contribution in [0.4, 0.5) is 13.2 Å². The molecule has 0 saturated carbocycles. The summed E-state index contributed by atoms with van der Waals surface area (Å²) in [6, 6.07) is 14.1. The molecule has 0 aliphatic carbocycles. The molecule has 1 amide bonds. The first-order chi connectivity index (χ1) is 13.8. The molecule has 1 heterocycles. The number of amides is 1. The number of carbonyl (C=O) groups is 2. The first kappa shape index (κ1) is 20.2. The number of halogens is 3. The lowest BCUT2D eigenvalue weighted by Crippen LogP contribution is -2.35. The number of alkyl halides is 3. The van der Waals surface area contributed by atoms with E-state index in [9.17, 15) is 22.8 Å². The summed E-state index contributed by atoms with van der Waals surface area (Å²) >= 11 is 0. The van der Waals surface area contributed by atoms with Crippen LogP contribution in [-0.4, -0.2) is 34.0 Å². The molecule has 0 aliphatic heterocycles. The average molecular weight is 405 g/mol. The van der Waals surface area contributed by atoms with E-state index in [0.29, 0.717) is 11.1 Å². The number of benzene rings is 2. The summed E-state index contributed by atoms with van der Waals surface area (Å²) in [5.74, 6) is -3.23. The van der Waals surface area contributed by atoms with Crippen molar-refractivity contribution in [1.82, 2.24) is 15.2 Å². The van der Waals surface area contributed by atoms with E-state index in [4.69, 9.17) is 4.84 Å². The fraction of sp³-hybridized carbons (Fsp3) is 0.158. The Kier molecular flexibility index (Phi) is 5.74. The minimum atomic E-state index is -4.73. The van der Waals surface area contributed by atoms with Gasteiger partial charge in [0.15, 0.2) is 0 Å². The molecule has 1 aromatic heterocycles. The molecule has 0 spiro atoms. The fourth-order valence-electron chi connectivity index (χ4n) is 2.43. The molecule has 0 unspecified atom stereocenters. The molecule has 7 nitrogen and oxygen atoms in total. The van der Waals surface area contributed by atoms with Gasteiger partial charge in [-0.05, 0) is 5.56 Å². The third-order valence-corrected chi connectivity index (χ3v) is 3.88. The van der Waals surface area contributed by atoms with Crippen molar-refractivity contribution in [2.24, 2.45) is 0 Å². The fourth-order valence-corrected chi connectivity index (χ4v) is 2.43. The van der Waals surface area contributed by atoms with Crippen molar-refractivity contribution in [3.63, 3.8) is 0 Å². The molecule has 3 rings (SSSR count). The van der Waals surface area contributed by atoms with Gasteiger partial charge in [-0.25, -0.2) is 5.06 Å². The van der Waals surface area contributed by atoms with Crippen molar-refractivity contribution < 1.29 is 32.1 Å². The van der Waals surface area contributed by atoms with Crippen LogP contribution >= 0.6 is 0 Å². The van der Waals surface area contributed by atoms with Crippen molar-refractivity contribution in [1.29, 1.82) is 0 Å². The van der Waals surface area contributed by atoms with Crippen molar-refractivity contribution in [2.45, 2.75) is 12.7 Å². The van der Waals surface area contributed by atoms with Crippen LogP contribution in [0.15, 0.2) is 59.1 Å². The lowest BCUT2D eigenvalue weighted by atomic mass is 10.1. The van der Waals surface area contributed by atoms with Crippen LogP contribution in [-0.2, 0) is 22.4 Å². The normalized spacial score (nSPS) is 11.3. The molecule has 29 heavy (non-hydrogen) atoms. The Morgan fingerprint density at radius 3 is 2.28 bits per heavy atom. The third-order valence-electron chi connectivity index (χ3n) is 3.88. The molecule has 0 N–H and O–H groups in total. The highest BCUT2D eigenvalue weighted by Crippen LogP contribution is 2.29. The largest absolute Gasteiger partial charge is 0.471 e. The van der Waals surface area contributed by atoms with Crippen LogP contribution in [0.5, 0.6) is 0 Å². The highest BCUT2D eigenvalue weighted by Gasteiger charge is 2.38. The summed E-state index contributed by atoms with van der Waals surface area (Å²) in [7, 11) is 1.25. The molecule has 0 radical (unpaired) electrons. The van der Waals surface area contributed by atoms with Crippen LogP contribution in [0.2, 0.25) is 0 Å². The Balaban J connectivity index is 1.71. The minimum Gasteiger partial charge on any atom is -0.329 e. The zero-order valence-electron chi connectivity index (χ0n) is 15.0. The van der Waals surface area contributed by atoms with E-state index >= 15 is 0 Å². The maximum Gasteiger partial charge on any atom is 0.471 e. The molecule has 0 aliphatic rings. The lowest BCUT2D eigenvalue weighted by molar-refractivity contribution is -0.173. The highest BCUT2D eigenvalue weighted by atomic mass is 19.4. The molecule has 0 fully saturated rings. The molecular formula is C19H14F3N3O4. The highest BCUT2D eigenvalue weighted by molar-refractivity contribution is 6.42. The summed E-state index contributed by atoms with van der Waals surface area (Å²) in [6.07, 6.45) is -4.73. The third kappa shape index (κ3) is 4.66. The topological polar surface area (TPSA) is 85.5 Å². The number of nitrogens with zero attached hydrogens (tertiary/aromatic N) is 3.